The van der Waals surface area contributed by atoms with Crippen molar-refractivity contribution in [1.82, 2.24) is 5.43 Å². The number of hydrazone groups is 1. The van der Waals surface area contributed by atoms with Gasteiger partial charge in [-0.05, 0) is 11.6 Å². The van der Waals surface area contributed by atoms with Crippen molar-refractivity contribution in [1.29, 1.82) is 0 Å². The largest absolute Gasteiger partial charge is 0.271 e. The first kappa shape index (κ1) is 16.0. The van der Waals surface area contributed by atoms with E-state index in [-0.39, 0.29) is 17.8 Å². The van der Waals surface area contributed by atoms with Gasteiger partial charge in [0.1, 0.15) is 6.54 Å². The second kappa shape index (κ2) is 7.55. The van der Waals surface area contributed by atoms with Crippen molar-refractivity contribution in [2.45, 2.75) is 0 Å². The molecule has 8 nitrogen and oxygen atoms in total. The molecule has 2 rings (SSSR count). The molecule has 0 spiro atoms. The molecule has 8 heteroatoms. The third kappa shape index (κ3) is 4.27. The molecule has 2 aromatic carbocycles. The molecule has 0 radical (unpaired) electrons. The van der Waals surface area contributed by atoms with Crippen molar-refractivity contribution in [2.24, 2.45) is 10.3 Å². The number of non-ortho nitro benzene ring substituents is 1. The maximum absolute atomic E-state index is 12.0. The van der Waals surface area contributed by atoms with Crippen LogP contribution in [0.15, 0.2) is 64.9 Å². The van der Waals surface area contributed by atoms with Crippen LogP contribution in [0.2, 0.25) is 0 Å². The van der Waals surface area contributed by atoms with Crippen LogP contribution in [0.3, 0.4) is 0 Å². The smallest absolute Gasteiger partial charge is 0.267 e. The van der Waals surface area contributed by atoms with Crippen LogP contribution in [0, 0.1) is 15.0 Å². The molecule has 0 saturated heterocycles. The third-order valence-electron chi connectivity index (χ3n) is 2.93. The van der Waals surface area contributed by atoms with E-state index in [2.05, 4.69) is 15.7 Å². The summed E-state index contributed by atoms with van der Waals surface area (Å²) in [7, 11) is 0. The maximum atomic E-state index is 12.0. The molecule has 0 heterocycles. The molecular weight excluding hydrogens is 300 g/mol. The molecule has 23 heavy (non-hydrogen) atoms. The Morgan fingerprint density at radius 2 is 1.78 bits per heavy atom. The lowest BCUT2D eigenvalue weighted by molar-refractivity contribution is -0.384. The number of nitrogens with zero attached hydrogens (tertiary/aromatic N) is 3. The van der Waals surface area contributed by atoms with E-state index in [1.54, 1.807) is 30.3 Å². The van der Waals surface area contributed by atoms with Gasteiger partial charge in [-0.25, -0.2) is 5.43 Å². The van der Waals surface area contributed by atoms with Crippen LogP contribution >= 0.6 is 0 Å². The summed E-state index contributed by atoms with van der Waals surface area (Å²) < 4.78 is 0. The van der Waals surface area contributed by atoms with E-state index in [0.29, 0.717) is 11.3 Å². The number of hydrogen-bond donors (Lipinski definition) is 1. The topological polar surface area (TPSA) is 114 Å². The van der Waals surface area contributed by atoms with Crippen molar-refractivity contribution in [3.05, 3.63) is 80.7 Å². The van der Waals surface area contributed by atoms with Crippen LogP contribution in [-0.2, 0) is 0 Å². The Kier molecular flexibility index (Phi) is 5.24. The van der Waals surface area contributed by atoms with Gasteiger partial charge in [0.2, 0.25) is 0 Å². The number of amides is 1. The van der Waals surface area contributed by atoms with Crippen LogP contribution in [0.1, 0.15) is 15.9 Å². The van der Waals surface area contributed by atoms with Crippen LogP contribution in [0.4, 0.5) is 5.69 Å². The van der Waals surface area contributed by atoms with Gasteiger partial charge >= 0.3 is 0 Å². The van der Waals surface area contributed by atoms with E-state index in [9.17, 15) is 19.8 Å². The number of benzene rings is 2. The van der Waals surface area contributed by atoms with E-state index in [1.165, 1.54) is 18.2 Å². The Morgan fingerprint density at radius 3 is 2.43 bits per heavy atom. The summed E-state index contributed by atoms with van der Waals surface area (Å²) in [6.45, 7) is -0.209. The molecular formula is C15H12N4O4. The fourth-order valence-electron chi connectivity index (χ4n) is 1.83. The van der Waals surface area contributed by atoms with Gasteiger partial charge in [0, 0.05) is 17.7 Å². The maximum Gasteiger partial charge on any atom is 0.271 e. The van der Waals surface area contributed by atoms with E-state index in [0.717, 1.165) is 6.07 Å². The molecule has 0 atom stereocenters. The van der Waals surface area contributed by atoms with Crippen LogP contribution in [-0.4, -0.2) is 23.1 Å². The van der Waals surface area contributed by atoms with Gasteiger partial charge in [-0.15, -0.1) is 0 Å². The van der Waals surface area contributed by atoms with Crippen molar-refractivity contribution < 1.29 is 9.72 Å². The van der Waals surface area contributed by atoms with E-state index in [4.69, 9.17) is 0 Å². The van der Waals surface area contributed by atoms with Crippen LogP contribution < -0.4 is 5.43 Å². The average Bonchev–Trinajstić information content (AvgIpc) is 2.59. The number of carbonyl (C=O) groups excluding carboxylic acids is 1. The second-order valence-corrected chi connectivity index (χ2v) is 4.46. The number of carbonyl (C=O) groups is 1. The highest BCUT2D eigenvalue weighted by Gasteiger charge is 2.11. The first-order chi connectivity index (χ1) is 11.1. The van der Waals surface area contributed by atoms with Crippen LogP contribution in [0.5, 0.6) is 0 Å². The molecule has 0 aliphatic heterocycles. The summed E-state index contributed by atoms with van der Waals surface area (Å²) in [6, 6.07) is 14.0. The molecule has 0 unspecified atom stereocenters. The summed E-state index contributed by atoms with van der Waals surface area (Å²) in [5.74, 6) is -0.618. The number of hydrogen-bond acceptors (Lipinski definition) is 6. The standard InChI is InChI=1S/C15H12N4O4/c20-15(12-7-4-8-13(9-12)19(22)23)18-17-14(10-16-21)11-5-2-1-3-6-11/h1-9H,10H2,(H,18,20). The van der Waals surface area contributed by atoms with Gasteiger partial charge in [-0.2, -0.15) is 10.0 Å². The Hall–Kier alpha value is -3.42. The van der Waals surface area contributed by atoms with Gasteiger partial charge in [0.25, 0.3) is 11.6 Å². The van der Waals surface area contributed by atoms with Crippen LogP contribution in [0.25, 0.3) is 0 Å². The quantitative estimate of drug-likeness (QED) is 0.382. The predicted octanol–water partition coefficient (Wildman–Crippen LogP) is 2.50. The monoisotopic (exact) mass is 312 g/mol. The first-order valence-corrected chi connectivity index (χ1v) is 6.57. The van der Waals surface area contributed by atoms with Gasteiger partial charge in [0.05, 0.1) is 10.6 Å². The minimum Gasteiger partial charge on any atom is -0.267 e. The first-order valence-electron chi connectivity index (χ1n) is 6.57. The molecule has 1 amide bonds. The molecule has 1 N–H and O–H groups in total. The molecule has 0 fully saturated rings. The lowest BCUT2D eigenvalue weighted by Gasteiger charge is -2.04. The minimum absolute atomic E-state index is 0.0921. The Labute approximate surface area is 131 Å². The summed E-state index contributed by atoms with van der Waals surface area (Å²) in [4.78, 5) is 32.6. The molecule has 0 saturated carbocycles. The van der Waals surface area contributed by atoms with E-state index >= 15 is 0 Å². The molecule has 0 aliphatic carbocycles. The average molecular weight is 312 g/mol. The fourth-order valence-corrected chi connectivity index (χ4v) is 1.83. The molecule has 0 aromatic heterocycles. The van der Waals surface area contributed by atoms with Gasteiger partial charge in [0.15, 0.2) is 0 Å². The summed E-state index contributed by atoms with van der Waals surface area (Å²) in [6.07, 6.45) is 0. The predicted molar refractivity (Wildman–Crippen MR) is 84.2 cm³/mol. The molecule has 2 aromatic rings. The van der Waals surface area contributed by atoms with E-state index in [1.807, 2.05) is 0 Å². The SMILES string of the molecule is O=NCC(=NNC(=O)c1cccc([N+](=O)[O-])c1)c1ccccc1. The number of nitrogens with one attached hydrogen (secondary N) is 1. The lowest BCUT2D eigenvalue weighted by Crippen LogP contribution is -2.21. The van der Waals surface area contributed by atoms with Crippen molar-refractivity contribution in [2.75, 3.05) is 6.54 Å². The molecule has 116 valence electrons. The van der Waals surface area contributed by atoms with E-state index < -0.39 is 10.8 Å². The highest BCUT2D eigenvalue weighted by atomic mass is 16.6. The third-order valence-corrected chi connectivity index (χ3v) is 2.93. The summed E-state index contributed by atoms with van der Waals surface area (Å²) in [5.41, 5.74) is 3.11. The summed E-state index contributed by atoms with van der Waals surface area (Å²) in [5, 5.41) is 17.4. The van der Waals surface area contributed by atoms with Gasteiger partial charge < -0.3 is 0 Å². The number of rotatable bonds is 6. The second-order valence-electron chi connectivity index (χ2n) is 4.46. The highest BCUT2D eigenvalue weighted by Crippen LogP contribution is 2.13. The number of nitro groups is 1. The number of nitro benzene ring substituents is 1. The minimum atomic E-state index is -0.618. The normalized spacial score (nSPS) is 10.9. The molecule has 0 aliphatic rings. The van der Waals surface area contributed by atoms with Crippen molar-refractivity contribution in [3.8, 4) is 0 Å². The zero-order valence-electron chi connectivity index (χ0n) is 11.9. The van der Waals surface area contributed by atoms with Gasteiger partial charge in [-0.1, -0.05) is 41.6 Å². The Bertz CT molecular complexity index is 759. The zero-order chi connectivity index (χ0) is 16.7. The number of nitroso groups, excluding NO2 is 1. The lowest BCUT2D eigenvalue weighted by atomic mass is 10.1. The Morgan fingerprint density at radius 1 is 1.09 bits per heavy atom. The highest BCUT2D eigenvalue weighted by molar-refractivity contribution is 6.03. The zero-order valence-corrected chi connectivity index (χ0v) is 11.9. The van der Waals surface area contributed by atoms with Crippen molar-refractivity contribution >= 4 is 17.3 Å². The Balaban J connectivity index is 2.19. The fraction of sp³-hybridized carbons (Fsp3) is 0.0667. The van der Waals surface area contributed by atoms with Gasteiger partial charge in [-0.3, -0.25) is 14.9 Å². The summed E-state index contributed by atoms with van der Waals surface area (Å²) >= 11 is 0. The van der Waals surface area contributed by atoms with Crippen molar-refractivity contribution in [3.63, 3.8) is 0 Å². The molecule has 0 bridgehead atoms.